The second kappa shape index (κ2) is 6.36. The predicted molar refractivity (Wildman–Crippen MR) is 77.8 cm³/mol. The van der Waals surface area contributed by atoms with Crippen molar-refractivity contribution in [3.05, 3.63) is 68.7 Å². The average Bonchev–Trinajstić information content (AvgIpc) is 2.46. The zero-order valence-corrected chi connectivity index (χ0v) is 11.3. The monoisotopic (exact) mass is 292 g/mol. The summed E-state index contributed by atoms with van der Waals surface area (Å²) in [5.41, 5.74) is 2.27. The Morgan fingerprint density at radius 1 is 1.25 bits per heavy atom. The summed E-state index contributed by atoms with van der Waals surface area (Å²) in [5, 5.41) is 23.4. The standard InChI is InChI=1S/C14H13ClN2O3/c15-14-5-4-13(17(19)20)7-11(14)8-16-12-3-1-2-10(6-12)9-18/h1-7,16,18H,8-9H2. The third kappa shape index (κ3) is 3.46. The summed E-state index contributed by atoms with van der Waals surface area (Å²) >= 11 is 6.02. The molecule has 2 aromatic rings. The van der Waals surface area contributed by atoms with Crippen molar-refractivity contribution in [2.24, 2.45) is 0 Å². The summed E-state index contributed by atoms with van der Waals surface area (Å²) in [6.45, 7) is 0.336. The van der Waals surface area contributed by atoms with Crippen LogP contribution < -0.4 is 5.32 Å². The van der Waals surface area contributed by atoms with Gasteiger partial charge in [0.1, 0.15) is 0 Å². The van der Waals surface area contributed by atoms with E-state index in [1.807, 2.05) is 24.3 Å². The van der Waals surface area contributed by atoms with E-state index in [0.717, 1.165) is 11.3 Å². The molecule has 0 aliphatic rings. The average molecular weight is 293 g/mol. The molecule has 0 spiro atoms. The third-order valence-electron chi connectivity index (χ3n) is 2.83. The number of anilines is 1. The minimum absolute atomic E-state index is 0.00955. The Labute approximate surface area is 121 Å². The molecule has 0 aliphatic heterocycles. The van der Waals surface area contributed by atoms with Gasteiger partial charge in [-0.2, -0.15) is 0 Å². The number of nitrogens with zero attached hydrogens (tertiary/aromatic N) is 1. The van der Waals surface area contributed by atoms with Crippen LogP contribution in [0.3, 0.4) is 0 Å². The summed E-state index contributed by atoms with van der Waals surface area (Å²) in [6.07, 6.45) is 0. The number of aliphatic hydroxyl groups excluding tert-OH is 1. The molecule has 0 amide bonds. The lowest BCUT2D eigenvalue weighted by molar-refractivity contribution is -0.384. The Kier molecular flexibility index (Phi) is 4.55. The van der Waals surface area contributed by atoms with Crippen molar-refractivity contribution >= 4 is 23.0 Å². The Morgan fingerprint density at radius 2 is 2.05 bits per heavy atom. The molecule has 0 bridgehead atoms. The van der Waals surface area contributed by atoms with Gasteiger partial charge in [0.2, 0.25) is 0 Å². The van der Waals surface area contributed by atoms with E-state index < -0.39 is 4.92 Å². The second-order valence-corrected chi connectivity index (χ2v) is 4.65. The molecule has 2 N–H and O–H groups in total. The van der Waals surface area contributed by atoms with Crippen LogP contribution in [0.1, 0.15) is 11.1 Å². The van der Waals surface area contributed by atoms with Crippen molar-refractivity contribution in [1.29, 1.82) is 0 Å². The number of benzene rings is 2. The molecule has 0 aliphatic carbocycles. The van der Waals surface area contributed by atoms with E-state index in [1.54, 1.807) is 0 Å². The minimum Gasteiger partial charge on any atom is -0.392 e. The molecule has 104 valence electrons. The number of nitro benzene ring substituents is 1. The summed E-state index contributed by atoms with van der Waals surface area (Å²) in [7, 11) is 0. The van der Waals surface area contributed by atoms with Crippen LogP contribution in [0.4, 0.5) is 11.4 Å². The highest BCUT2D eigenvalue weighted by molar-refractivity contribution is 6.31. The fourth-order valence-electron chi connectivity index (χ4n) is 1.79. The molecule has 0 saturated heterocycles. The lowest BCUT2D eigenvalue weighted by Gasteiger charge is -2.09. The minimum atomic E-state index is -0.452. The van der Waals surface area contributed by atoms with Crippen LogP contribution in [0.25, 0.3) is 0 Å². The third-order valence-corrected chi connectivity index (χ3v) is 3.20. The number of hydrogen-bond acceptors (Lipinski definition) is 4. The van der Waals surface area contributed by atoms with Gasteiger partial charge >= 0.3 is 0 Å². The highest BCUT2D eigenvalue weighted by atomic mass is 35.5. The topological polar surface area (TPSA) is 75.4 Å². The van der Waals surface area contributed by atoms with Gasteiger partial charge in [-0.15, -0.1) is 0 Å². The van der Waals surface area contributed by atoms with Gasteiger partial charge in [-0.1, -0.05) is 23.7 Å². The number of rotatable bonds is 5. The van der Waals surface area contributed by atoms with Gasteiger partial charge in [-0.3, -0.25) is 10.1 Å². The Morgan fingerprint density at radius 3 is 2.75 bits per heavy atom. The molecule has 0 aromatic heterocycles. The van der Waals surface area contributed by atoms with Crippen LogP contribution in [0.5, 0.6) is 0 Å². The molecule has 0 heterocycles. The van der Waals surface area contributed by atoms with Gasteiger partial charge in [0.15, 0.2) is 0 Å². The highest BCUT2D eigenvalue weighted by Crippen LogP contribution is 2.23. The predicted octanol–water partition coefficient (Wildman–Crippen LogP) is 3.35. The SMILES string of the molecule is O=[N+]([O-])c1ccc(Cl)c(CNc2cccc(CO)c2)c1. The van der Waals surface area contributed by atoms with Crippen molar-refractivity contribution in [2.75, 3.05) is 5.32 Å². The highest BCUT2D eigenvalue weighted by Gasteiger charge is 2.09. The van der Waals surface area contributed by atoms with Gasteiger partial charge < -0.3 is 10.4 Å². The lowest BCUT2D eigenvalue weighted by Crippen LogP contribution is -2.01. The van der Waals surface area contributed by atoms with Crippen molar-refractivity contribution < 1.29 is 10.0 Å². The van der Waals surface area contributed by atoms with Crippen molar-refractivity contribution in [2.45, 2.75) is 13.2 Å². The normalized spacial score (nSPS) is 10.3. The molecule has 20 heavy (non-hydrogen) atoms. The molecular weight excluding hydrogens is 280 g/mol. The fourth-order valence-corrected chi connectivity index (χ4v) is 1.97. The quantitative estimate of drug-likeness (QED) is 0.654. The molecule has 0 radical (unpaired) electrons. The van der Waals surface area contributed by atoms with E-state index in [-0.39, 0.29) is 12.3 Å². The second-order valence-electron chi connectivity index (χ2n) is 4.24. The smallest absolute Gasteiger partial charge is 0.269 e. The maximum atomic E-state index is 10.7. The molecule has 0 unspecified atom stereocenters. The van der Waals surface area contributed by atoms with Gasteiger partial charge in [0, 0.05) is 29.4 Å². The number of nitrogens with one attached hydrogen (secondary N) is 1. The molecule has 0 atom stereocenters. The number of aliphatic hydroxyl groups is 1. The molecule has 5 nitrogen and oxygen atoms in total. The number of non-ortho nitro benzene ring substituents is 1. The molecule has 2 rings (SSSR count). The van der Waals surface area contributed by atoms with Gasteiger partial charge in [-0.25, -0.2) is 0 Å². The first kappa shape index (κ1) is 14.3. The van der Waals surface area contributed by atoms with Crippen LogP contribution in [-0.4, -0.2) is 10.0 Å². The number of hydrogen-bond donors (Lipinski definition) is 2. The Hall–Kier alpha value is -2.11. The summed E-state index contributed by atoms with van der Waals surface area (Å²) in [4.78, 5) is 10.3. The molecule has 2 aromatic carbocycles. The Balaban J connectivity index is 2.13. The Bertz CT molecular complexity index is 632. The van der Waals surface area contributed by atoms with Crippen molar-refractivity contribution in [3.63, 3.8) is 0 Å². The zero-order valence-electron chi connectivity index (χ0n) is 10.5. The molecule has 6 heteroatoms. The van der Waals surface area contributed by atoms with E-state index in [4.69, 9.17) is 16.7 Å². The first-order chi connectivity index (χ1) is 9.60. The van der Waals surface area contributed by atoms with Crippen LogP contribution in [0, 0.1) is 10.1 Å². The van der Waals surface area contributed by atoms with Crippen LogP contribution >= 0.6 is 11.6 Å². The van der Waals surface area contributed by atoms with E-state index >= 15 is 0 Å². The van der Waals surface area contributed by atoms with Crippen molar-refractivity contribution in [1.82, 2.24) is 0 Å². The maximum Gasteiger partial charge on any atom is 0.269 e. The van der Waals surface area contributed by atoms with Gasteiger partial charge in [0.05, 0.1) is 11.5 Å². The molecule has 0 saturated carbocycles. The maximum absolute atomic E-state index is 10.7. The number of halogens is 1. The number of nitro groups is 1. The first-order valence-electron chi connectivity index (χ1n) is 5.96. The summed E-state index contributed by atoms with van der Waals surface area (Å²) in [5.74, 6) is 0. The molecular formula is C14H13ClN2O3. The van der Waals surface area contributed by atoms with E-state index in [0.29, 0.717) is 17.1 Å². The van der Waals surface area contributed by atoms with Crippen LogP contribution in [0.2, 0.25) is 5.02 Å². The van der Waals surface area contributed by atoms with Crippen molar-refractivity contribution in [3.8, 4) is 0 Å². The van der Waals surface area contributed by atoms with E-state index in [9.17, 15) is 10.1 Å². The van der Waals surface area contributed by atoms with Gasteiger partial charge in [0.25, 0.3) is 5.69 Å². The summed E-state index contributed by atoms with van der Waals surface area (Å²) < 4.78 is 0. The van der Waals surface area contributed by atoms with E-state index in [2.05, 4.69) is 5.32 Å². The van der Waals surface area contributed by atoms with Crippen LogP contribution in [0.15, 0.2) is 42.5 Å². The largest absolute Gasteiger partial charge is 0.392 e. The first-order valence-corrected chi connectivity index (χ1v) is 6.34. The van der Waals surface area contributed by atoms with Gasteiger partial charge in [-0.05, 0) is 29.3 Å². The van der Waals surface area contributed by atoms with E-state index in [1.165, 1.54) is 18.2 Å². The zero-order chi connectivity index (χ0) is 14.5. The summed E-state index contributed by atoms with van der Waals surface area (Å²) in [6, 6.07) is 11.6. The molecule has 0 fully saturated rings. The van der Waals surface area contributed by atoms with Crippen LogP contribution in [-0.2, 0) is 13.2 Å². The lowest BCUT2D eigenvalue weighted by atomic mass is 10.1. The fraction of sp³-hybridized carbons (Fsp3) is 0.143.